The van der Waals surface area contributed by atoms with Crippen LogP contribution in [0.1, 0.15) is 25.3 Å². The second kappa shape index (κ2) is 3.01. The third-order valence-corrected chi connectivity index (χ3v) is 2.58. The Bertz CT molecular complexity index is 469. The van der Waals surface area contributed by atoms with Gasteiger partial charge in [0.1, 0.15) is 5.82 Å². The molecule has 2 aromatic rings. The SMILES string of the molecule is CC(C)c1cn(C)c2ccnc(N)c12. The summed E-state index contributed by atoms with van der Waals surface area (Å²) in [6.07, 6.45) is 3.88. The molecule has 0 aliphatic carbocycles. The van der Waals surface area contributed by atoms with Gasteiger partial charge in [0.25, 0.3) is 0 Å². The van der Waals surface area contributed by atoms with E-state index >= 15 is 0 Å². The predicted octanol–water partition coefficient (Wildman–Crippen LogP) is 2.28. The van der Waals surface area contributed by atoms with Crippen molar-refractivity contribution in [2.75, 3.05) is 5.73 Å². The molecule has 0 atom stereocenters. The number of nitrogens with two attached hydrogens (primary N) is 1. The highest BCUT2D eigenvalue weighted by Crippen LogP contribution is 2.29. The first-order valence-electron chi connectivity index (χ1n) is 4.80. The van der Waals surface area contributed by atoms with Crippen LogP contribution in [0.5, 0.6) is 0 Å². The van der Waals surface area contributed by atoms with Gasteiger partial charge in [-0.1, -0.05) is 13.8 Å². The van der Waals surface area contributed by atoms with Crippen LogP contribution in [0, 0.1) is 0 Å². The Labute approximate surface area is 83.6 Å². The summed E-state index contributed by atoms with van der Waals surface area (Å²) in [7, 11) is 2.04. The topological polar surface area (TPSA) is 43.8 Å². The summed E-state index contributed by atoms with van der Waals surface area (Å²) >= 11 is 0. The van der Waals surface area contributed by atoms with Crippen LogP contribution in [0.25, 0.3) is 10.9 Å². The molecular weight excluding hydrogens is 174 g/mol. The van der Waals surface area contributed by atoms with E-state index in [4.69, 9.17) is 5.73 Å². The van der Waals surface area contributed by atoms with Crippen LogP contribution >= 0.6 is 0 Å². The fourth-order valence-electron chi connectivity index (χ4n) is 1.84. The van der Waals surface area contributed by atoms with Crippen molar-refractivity contribution < 1.29 is 0 Å². The van der Waals surface area contributed by atoms with Crippen molar-refractivity contribution in [3.63, 3.8) is 0 Å². The van der Waals surface area contributed by atoms with Crippen LogP contribution in [0.3, 0.4) is 0 Å². The molecule has 14 heavy (non-hydrogen) atoms. The molecule has 2 heterocycles. The molecule has 0 aliphatic heterocycles. The average Bonchev–Trinajstić information content (AvgIpc) is 2.46. The van der Waals surface area contributed by atoms with Crippen LogP contribution in [0.2, 0.25) is 0 Å². The molecule has 0 fully saturated rings. The molecular formula is C11H15N3. The highest BCUT2D eigenvalue weighted by Gasteiger charge is 2.12. The van der Waals surface area contributed by atoms with E-state index in [9.17, 15) is 0 Å². The number of aromatic nitrogens is 2. The van der Waals surface area contributed by atoms with Gasteiger partial charge in [0.2, 0.25) is 0 Å². The van der Waals surface area contributed by atoms with E-state index in [0.717, 1.165) is 10.9 Å². The molecule has 2 N–H and O–H groups in total. The van der Waals surface area contributed by atoms with E-state index in [-0.39, 0.29) is 0 Å². The molecule has 0 saturated carbocycles. The number of rotatable bonds is 1. The number of hydrogen-bond acceptors (Lipinski definition) is 2. The molecule has 3 heteroatoms. The molecule has 0 aromatic carbocycles. The number of nitrogen functional groups attached to an aromatic ring is 1. The Morgan fingerprint density at radius 2 is 2.14 bits per heavy atom. The Hall–Kier alpha value is -1.51. The zero-order chi connectivity index (χ0) is 10.3. The number of anilines is 1. The van der Waals surface area contributed by atoms with E-state index in [2.05, 4.69) is 29.6 Å². The summed E-state index contributed by atoms with van der Waals surface area (Å²) in [5, 5.41) is 1.10. The van der Waals surface area contributed by atoms with Gasteiger partial charge in [-0.2, -0.15) is 0 Å². The van der Waals surface area contributed by atoms with Crippen LogP contribution in [-0.2, 0) is 7.05 Å². The minimum absolute atomic E-state index is 0.477. The molecule has 2 rings (SSSR count). The number of aryl methyl sites for hydroxylation is 1. The molecule has 0 aliphatic rings. The van der Waals surface area contributed by atoms with E-state index in [1.54, 1.807) is 6.20 Å². The second-order valence-corrected chi connectivity index (χ2v) is 3.94. The van der Waals surface area contributed by atoms with Crippen molar-refractivity contribution in [3.8, 4) is 0 Å². The van der Waals surface area contributed by atoms with Crippen molar-refractivity contribution in [3.05, 3.63) is 24.0 Å². The summed E-state index contributed by atoms with van der Waals surface area (Å²) < 4.78 is 2.10. The summed E-state index contributed by atoms with van der Waals surface area (Å²) in [5.41, 5.74) is 8.31. The summed E-state index contributed by atoms with van der Waals surface area (Å²) in [5.74, 6) is 1.11. The lowest BCUT2D eigenvalue weighted by Gasteiger charge is -2.03. The molecule has 0 unspecified atom stereocenters. The molecule has 0 radical (unpaired) electrons. The van der Waals surface area contributed by atoms with Crippen LogP contribution in [0.4, 0.5) is 5.82 Å². The van der Waals surface area contributed by atoms with Gasteiger partial charge in [-0.25, -0.2) is 4.98 Å². The Kier molecular flexibility index (Phi) is 1.95. The van der Waals surface area contributed by atoms with E-state index in [0.29, 0.717) is 11.7 Å². The van der Waals surface area contributed by atoms with Crippen molar-refractivity contribution in [1.29, 1.82) is 0 Å². The Morgan fingerprint density at radius 3 is 2.79 bits per heavy atom. The van der Waals surface area contributed by atoms with Gasteiger partial charge in [0.15, 0.2) is 0 Å². The molecule has 3 nitrogen and oxygen atoms in total. The number of fused-ring (bicyclic) bond motifs is 1. The van der Waals surface area contributed by atoms with Crippen molar-refractivity contribution in [2.45, 2.75) is 19.8 Å². The number of nitrogens with zero attached hydrogens (tertiary/aromatic N) is 2. The summed E-state index contributed by atoms with van der Waals surface area (Å²) in [6, 6.07) is 2.00. The molecule has 74 valence electrons. The fraction of sp³-hybridized carbons (Fsp3) is 0.364. The lowest BCUT2D eigenvalue weighted by molar-refractivity contribution is 0.857. The number of pyridine rings is 1. The third kappa shape index (κ3) is 1.16. The van der Waals surface area contributed by atoms with Crippen LogP contribution in [0.15, 0.2) is 18.5 Å². The molecule has 0 amide bonds. The Morgan fingerprint density at radius 1 is 1.43 bits per heavy atom. The molecule has 2 aromatic heterocycles. The quantitative estimate of drug-likeness (QED) is 0.748. The predicted molar refractivity (Wildman–Crippen MR) is 59.2 cm³/mol. The lowest BCUT2D eigenvalue weighted by Crippen LogP contribution is -1.93. The smallest absolute Gasteiger partial charge is 0.133 e. The second-order valence-electron chi connectivity index (χ2n) is 3.94. The first kappa shape index (κ1) is 9.06. The minimum atomic E-state index is 0.477. The normalized spacial score (nSPS) is 11.4. The van der Waals surface area contributed by atoms with E-state index < -0.39 is 0 Å². The van der Waals surface area contributed by atoms with Gasteiger partial charge in [-0.15, -0.1) is 0 Å². The van der Waals surface area contributed by atoms with E-state index in [1.807, 2.05) is 13.1 Å². The van der Waals surface area contributed by atoms with E-state index in [1.165, 1.54) is 5.56 Å². The Balaban J connectivity index is 2.86. The maximum Gasteiger partial charge on any atom is 0.133 e. The standard InChI is InChI=1S/C11H15N3/c1-7(2)8-6-14(3)9-4-5-13-11(12)10(8)9/h4-7H,1-3H3,(H2,12,13). The first-order valence-corrected chi connectivity index (χ1v) is 4.80. The maximum absolute atomic E-state index is 5.88. The monoisotopic (exact) mass is 189 g/mol. The van der Waals surface area contributed by atoms with Crippen LogP contribution in [-0.4, -0.2) is 9.55 Å². The first-order chi connectivity index (χ1) is 6.61. The van der Waals surface area contributed by atoms with Gasteiger partial charge in [0, 0.05) is 24.8 Å². The van der Waals surface area contributed by atoms with Crippen molar-refractivity contribution >= 4 is 16.7 Å². The molecule has 0 bridgehead atoms. The van der Waals surface area contributed by atoms with Crippen molar-refractivity contribution in [1.82, 2.24) is 9.55 Å². The zero-order valence-corrected chi connectivity index (χ0v) is 8.78. The minimum Gasteiger partial charge on any atom is -0.383 e. The van der Waals surface area contributed by atoms with Gasteiger partial charge in [0.05, 0.1) is 5.52 Å². The largest absolute Gasteiger partial charge is 0.383 e. The zero-order valence-electron chi connectivity index (χ0n) is 8.78. The molecule has 0 spiro atoms. The van der Waals surface area contributed by atoms with Gasteiger partial charge >= 0.3 is 0 Å². The molecule has 0 saturated heterocycles. The third-order valence-electron chi connectivity index (χ3n) is 2.58. The maximum atomic E-state index is 5.88. The van der Waals surface area contributed by atoms with Crippen LogP contribution < -0.4 is 5.73 Å². The van der Waals surface area contributed by atoms with Gasteiger partial charge < -0.3 is 10.3 Å². The van der Waals surface area contributed by atoms with Gasteiger partial charge in [-0.3, -0.25) is 0 Å². The highest BCUT2D eigenvalue weighted by atomic mass is 14.9. The summed E-state index contributed by atoms with van der Waals surface area (Å²) in [6.45, 7) is 4.34. The number of hydrogen-bond donors (Lipinski definition) is 1. The van der Waals surface area contributed by atoms with Gasteiger partial charge in [-0.05, 0) is 17.5 Å². The van der Waals surface area contributed by atoms with Crippen molar-refractivity contribution in [2.24, 2.45) is 7.05 Å². The summed E-state index contributed by atoms with van der Waals surface area (Å²) in [4.78, 5) is 4.13. The fourth-order valence-corrected chi connectivity index (χ4v) is 1.84. The lowest BCUT2D eigenvalue weighted by atomic mass is 10.0. The highest BCUT2D eigenvalue weighted by molar-refractivity contribution is 5.92. The average molecular weight is 189 g/mol.